The monoisotopic (exact) mass is 213 g/mol. The lowest BCUT2D eigenvalue weighted by molar-refractivity contribution is 0.145. The Morgan fingerprint density at radius 3 is 2.60 bits per heavy atom. The Morgan fingerprint density at radius 2 is 2.13 bits per heavy atom. The second kappa shape index (κ2) is 3.76. The van der Waals surface area contributed by atoms with Gasteiger partial charge in [0.05, 0.1) is 12.8 Å². The van der Waals surface area contributed by atoms with Gasteiger partial charge in [-0.3, -0.25) is 4.98 Å². The highest BCUT2D eigenvalue weighted by atomic mass is 19.3. The predicted molar refractivity (Wildman–Crippen MR) is 52.5 cm³/mol. The van der Waals surface area contributed by atoms with E-state index in [0.29, 0.717) is 11.7 Å². The summed E-state index contributed by atoms with van der Waals surface area (Å²) in [6.45, 7) is 1.87. The largest absolute Gasteiger partial charge is 0.496 e. The molecule has 1 aliphatic carbocycles. The summed E-state index contributed by atoms with van der Waals surface area (Å²) in [5.74, 6) is 0.875. The van der Waals surface area contributed by atoms with Crippen LogP contribution in [0.1, 0.15) is 42.1 Å². The van der Waals surface area contributed by atoms with Crippen LogP contribution in [0, 0.1) is 6.92 Å². The van der Waals surface area contributed by atoms with Gasteiger partial charge in [-0.15, -0.1) is 0 Å². The van der Waals surface area contributed by atoms with E-state index in [1.807, 2.05) is 6.92 Å². The first kappa shape index (κ1) is 10.3. The number of hydrogen-bond acceptors (Lipinski definition) is 2. The molecule has 2 rings (SSSR count). The van der Waals surface area contributed by atoms with Crippen molar-refractivity contribution in [3.05, 3.63) is 23.0 Å². The van der Waals surface area contributed by atoms with Crippen LogP contribution in [0.25, 0.3) is 0 Å². The zero-order valence-corrected chi connectivity index (χ0v) is 8.76. The molecular formula is C11H13F2NO. The molecule has 82 valence electrons. The van der Waals surface area contributed by atoms with Crippen LogP contribution in [0.3, 0.4) is 0 Å². The molecule has 0 amide bonds. The van der Waals surface area contributed by atoms with Crippen molar-refractivity contribution < 1.29 is 13.5 Å². The maximum Gasteiger partial charge on any atom is 0.280 e. The van der Waals surface area contributed by atoms with Crippen LogP contribution in [-0.2, 0) is 0 Å². The highest BCUT2D eigenvalue weighted by Crippen LogP contribution is 2.43. The molecule has 0 unspecified atom stereocenters. The van der Waals surface area contributed by atoms with Crippen LogP contribution >= 0.6 is 0 Å². The molecule has 1 aliphatic rings. The molecule has 1 heterocycles. The van der Waals surface area contributed by atoms with Crippen molar-refractivity contribution >= 4 is 0 Å². The predicted octanol–water partition coefficient (Wildman–Crippen LogP) is 3.21. The van der Waals surface area contributed by atoms with Crippen molar-refractivity contribution in [2.24, 2.45) is 0 Å². The molecule has 0 aromatic carbocycles. The first-order valence-corrected chi connectivity index (χ1v) is 4.97. The third kappa shape index (κ3) is 1.94. The normalized spacial score (nSPS) is 15.8. The van der Waals surface area contributed by atoms with E-state index < -0.39 is 6.43 Å². The number of methoxy groups -OCH3 is 1. The van der Waals surface area contributed by atoms with E-state index in [1.165, 1.54) is 13.2 Å². The third-order valence-corrected chi connectivity index (χ3v) is 2.69. The fourth-order valence-corrected chi connectivity index (χ4v) is 1.70. The summed E-state index contributed by atoms with van der Waals surface area (Å²) < 4.78 is 30.2. The van der Waals surface area contributed by atoms with Gasteiger partial charge in [-0.2, -0.15) is 0 Å². The third-order valence-electron chi connectivity index (χ3n) is 2.69. The average Bonchev–Trinajstić information content (AvgIpc) is 3.01. The van der Waals surface area contributed by atoms with E-state index in [0.717, 1.165) is 24.1 Å². The Morgan fingerprint density at radius 1 is 1.47 bits per heavy atom. The van der Waals surface area contributed by atoms with Crippen molar-refractivity contribution in [3.63, 3.8) is 0 Å². The minimum atomic E-state index is -2.53. The number of ether oxygens (including phenoxy) is 1. The molecule has 0 radical (unpaired) electrons. The molecule has 1 saturated carbocycles. The summed E-state index contributed by atoms with van der Waals surface area (Å²) >= 11 is 0. The second-order valence-electron chi connectivity index (χ2n) is 3.83. The molecule has 15 heavy (non-hydrogen) atoms. The first-order valence-electron chi connectivity index (χ1n) is 4.97. The van der Waals surface area contributed by atoms with Gasteiger partial charge in [0.15, 0.2) is 0 Å². The summed E-state index contributed by atoms with van der Waals surface area (Å²) in [6.07, 6.45) is -0.440. The standard InChI is InChI=1S/C11H13F2NO/c1-6-9(15-2)5-8(11(12)13)14-10(6)7-3-4-7/h5,7,11H,3-4H2,1-2H3. The topological polar surface area (TPSA) is 22.1 Å². The van der Waals surface area contributed by atoms with Crippen molar-refractivity contribution in [2.75, 3.05) is 7.11 Å². The van der Waals surface area contributed by atoms with Gasteiger partial charge in [0.1, 0.15) is 11.4 Å². The highest BCUT2D eigenvalue weighted by Gasteiger charge is 2.29. The minimum Gasteiger partial charge on any atom is -0.496 e. The summed E-state index contributed by atoms with van der Waals surface area (Å²) in [7, 11) is 1.49. The fourth-order valence-electron chi connectivity index (χ4n) is 1.70. The Hall–Kier alpha value is -1.19. The number of pyridine rings is 1. The van der Waals surface area contributed by atoms with Crippen molar-refractivity contribution in [1.29, 1.82) is 0 Å². The van der Waals surface area contributed by atoms with E-state index in [-0.39, 0.29) is 5.69 Å². The Labute approximate surface area is 87.3 Å². The summed E-state index contributed by atoms with van der Waals surface area (Å²) in [5.41, 5.74) is 1.49. The molecule has 2 nitrogen and oxygen atoms in total. The molecule has 0 bridgehead atoms. The number of halogens is 2. The van der Waals surface area contributed by atoms with Gasteiger partial charge in [0.2, 0.25) is 0 Å². The zero-order valence-electron chi connectivity index (χ0n) is 8.76. The van der Waals surface area contributed by atoms with Gasteiger partial charge in [0, 0.05) is 17.5 Å². The van der Waals surface area contributed by atoms with Crippen molar-refractivity contribution in [3.8, 4) is 5.75 Å². The van der Waals surface area contributed by atoms with Gasteiger partial charge in [0.25, 0.3) is 6.43 Å². The van der Waals surface area contributed by atoms with Crippen LogP contribution in [0.15, 0.2) is 6.07 Å². The average molecular weight is 213 g/mol. The number of alkyl halides is 2. The molecule has 4 heteroatoms. The highest BCUT2D eigenvalue weighted by molar-refractivity contribution is 5.40. The first-order chi connectivity index (χ1) is 7.13. The van der Waals surface area contributed by atoms with E-state index >= 15 is 0 Å². The van der Waals surface area contributed by atoms with Gasteiger partial charge < -0.3 is 4.74 Å². The van der Waals surface area contributed by atoms with Crippen molar-refractivity contribution in [1.82, 2.24) is 4.98 Å². The lowest BCUT2D eigenvalue weighted by atomic mass is 10.1. The molecule has 0 N–H and O–H groups in total. The molecule has 0 saturated heterocycles. The van der Waals surface area contributed by atoms with Crippen molar-refractivity contribution in [2.45, 2.75) is 32.1 Å². The molecule has 1 fully saturated rings. The van der Waals surface area contributed by atoms with Crippen LogP contribution in [-0.4, -0.2) is 12.1 Å². The molecule has 1 aromatic rings. The number of nitrogens with zero attached hydrogens (tertiary/aromatic N) is 1. The number of rotatable bonds is 3. The molecule has 1 aromatic heterocycles. The van der Waals surface area contributed by atoms with Gasteiger partial charge in [-0.25, -0.2) is 8.78 Å². The summed E-state index contributed by atoms with van der Waals surface area (Å²) in [6, 6.07) is 1.33. The lowest BCUT2D eigenvalue weighted by Gasteiger charge is -2.11. The van der Waals surface area contributed by atoms with E-state index in [9.17, 15) is 8.78 Å². The van der Waals surface area contributed by atoms with Gasteiger partial charge >= 0.3 is 0 Å². The van der Waals surface area contributed by atoms with E-state index in [1.54, 1.807) is 0 Å². The number of hydrogen-bond donors (Lipinski definition) is 0. The molecule has 0 atom stereocenters. The van der Waals surface area contributed by atoms with Gasteiger partial charge in [-0.05, 0) is 19.8 Å². The smallest absolute Gasteiger partial charge is 0.280 e. The molecule has 0 spiro atoms. The summed E-state index contributed by atoms with van der Waals surface area (Å²) in [5, 5.41) is 0. The second-order valence-corrected chi connectivity index (χ2v) is 3.83. The lowest BCUT2D eigenvalue weighted by Crippen LogP contribution is -2.01. The minimum absolute atomic E-state index is 0.181. The molecule has 0 aliphatic heterocycles. The Balaban J connectivity index is 2.47. The van der Waals surface area contributed by atoms with Crippen LogP contribution in [0.5, 0.6) is 5.75 Å². The van der Waals surface area contributed by atoms with E-state index in [4.69, 9.17) is 4.74 Å². The fraction of sp³-hybridized carbons (Fsp3) is 0.545. The maximum absolute atomic E-state index is 12.6. The Bertz CT molecular complexity index is 375. The maximum atomic E-state index is 12.6. The SMILES string of the molecule is COc1cc(C(F)F)nc(C2CC2)c1C. The Kier molecular flexibility index (Phi) is 2.59. The van der Waals surface area contributed by atoms with Gasteiger partial charge in [-0.1, -0.05) is 0 Å². The van der Waals surface area contributed by atoms with Crippen LogP contribution in [0.2, 0.25) is 0 Å². The zero-order chi connectivity index (χ0) is 11.0. The summed E-state index contributed by atoms with van der Waals surface area (Å²) in [4.78, 5) is 4.01. The van der Waals surface area contributed by atoms with Crippen LogP contribution in [0.4, 0.5) is 8.78 Å². The number of aromatic nitrogens is 1. The van der Waals surface area contributed by atoms with Crippen LogP contribution < -0.4 is 4.74 Å². The quantitative estimate of drug-likeness (QED) is 0.769. The van der Waals surface area contributed by atoms with E-state index in [2.05, 4.69) is 4.98 Å². The molecular weight excluding hydrogens is 200 g/mol.